The van der Waals surface area contributed by atoms with E-state index in [1.165, 1.54) is 19.8 Å². The summed E-state index contributed by atoms with van der Waals surface area (Å²) < 4.78 is 7.07. The van der Waals surface area contributed by atoms with Gasteiger partial charge in [-0.2, -0.15) is 11.8 Å². The van der Waals surface area contributed by atoms with E-state index in [4.69, 9.17) is 10.5 Å². The van der Waals surface area contributed by atoms with Gasteiger partial charge in [-0.25, -0.2) is 19.7 Å². The average Bonchev–Trinajstić information content (AvgIpc) is 3.78. The highest BCUT2D eigenvalue weighted by Crippen LogP contribution is 2.33. The van der Waals surface area contributed by atoms with Crippen LogP contribution in [0, 0.1) is 0 Å². The molecule has 2 aliphatic heterocycles. The normalized spacial score (nSPS) is 19.6. The van der Waals surface area contributed by atoms with Crippen LogP contribution >= 0.6 is 11.8 Å². The minimum atomic E-state index is -0.915. The summed E-state index contributed by atoms with van der Waals surface area (Å²) in [7, 11) is 1.48. The number of aliphatic hydroxyl groups excluding tert-OH is 1. The molecule has 0 aromatic carbocycles. The highest BCUT2D eigenvalue weighted by molar-refractivity contribution is 8.00. The molecule has 49 heavy (non-hydrogen) atoms. The van der Waals surface area contributed by atoms with Crippen LogP contribution in [0.4, 0.5) is 10.6 Å². The molecule has 8 N–H and O–H groups in total. The van der Waals surface area contributed by atoms with Crippen molar-refractivity contribution in [1.82, 2.24) is 46.1 Å². The zero-order valence-electron chi connectivity index (χ0n) is 28.3. The molecule has 2 aromatic heterocycles. The first-order valence-electron chi connectivity index (χ1n) is 17.4. The summed E-state index contributed by atoms with van der Waals surface area (Å²) in [6.45, 7) is 1.51. The van der Waals surface area contributed by atoms with Gasteiger partial charge in [-0.15, -0.1) is 0 Å². The Morgan fingerprint density at radius 3 is 2.29 bits per heavy atom. The monoisotopic (exact) mass is 704 g/mol. The maximum Gasteiger partial charge on any atom is 0.315 e. The summed E-state index contributed by atoms with van der Waals surface area (Å²) in [6, 6.07) is 0.380. The highest BCUT2D eigenvalue weighted by atomic mass is 32.2. The Morgan fingerprint density at radius 2 is 1.61 bits per heavy atom. The van der Waals surface area contributed by atoms with Crippen LogP contribution < -0.4 is 32.3 Å². The number of carbonyl (C=O) groups excluding carboxylic acids is 4. The molecule has 17 heteroatoms. The largest absolute Gasteiger partial charge is 0.388 e. The maximum absolute atomic E-state index is 12.3. The number of rotatable bonds is 23. The van der Waals surface area contributed by atoms with Gasteiger partial charge in [-0.1, -0.05) is 19.3 Å². The zero-order valence-corrected chi connectivity index (χ0v) is 29.1. The van der Waals surface area contributed by atoms with E-state index >= 15 is 0 Å². The van der Waals surface area contributed by atoms with Crippen molar-refractivity contribution >= 4 is 52.5 Å². The van der Waals surface area contributed by atoms with Crippen molar-refractivity contribution in [3.8, 4) is 0 Å². The van der Waals surface area contributed by atoms with Crippen LogP contribution in [0.25, 0.3) is 11.2 Å². The second kappa shape index (κ2) is 20.1. The maximum atomic E-state index is 12.3. The zero-order chi connectivity index (χ0) is 35.0. The molecule has 0 aliphatic carbocycles. The number of carbonyl (C=O) groups is 4. The van der Waals surface area contributed by atoms with Gasteiger partial charge in [0.2, 0.25) is 17.7 Å². The van der Waals surface area contributed by atoms with E-state index in [1.54, 1.807) is 4.57 Å². The van der Waals surface area contributed by atoms with Gasteiger partial charge in [0.1, 0.15) is 17.9 Å². The van der Waals surface area contributed by atoms with Gasteiger partial charge in [0.25, 0.3) is 0 Å². The summed E-state index contributed by atoms with van der Waals surface area (Å²) in [6.07, 6.45) is 10.2. The van der Waals surface area contributed by atoms with Gasteiger partial charge in [0.05, 0.1) is 31.1 Å². The third-order valence-electron chi connectivity index (χ3n) is 8.93. The summed E-state index contributed by atoms with van der Waals surface area (Å²) in [5.74, 6) is 1.17. The molecule has 0 saturated carbocycles. The van der Waals surface area contributed by atoms with E-state index < -0.39 is 12.2 Å². The number of nitrogens with one attached hydrogen (secondary N) is 5. The lowest BCUT2D eigenvalue weighted by atomic mass is 10.0. The lowest BCUT2D eigenvalue weighted by Crippen LogP contribution is -2.42. The number of aliphatic hydroxyl groups is 1. The Labute approximate surface area is 291 Å². The standard InChI is InChI=1S/C32H52N10O6S/c1-48-23(22(43)17-42-20-39-29-30(33)37-19-38-31(29)42)16-36-27(46)12-5-3-9-14-34-25(44)11-4-2-8-15-35-26(45)13-7-6-10-24-28-21(18-49-24)40-32(47)41-28/h19-24,28,43H,2-18H2,1H3,(H,34,44)(H,35,45)(H,36,46)(H2,33,37,38)(H2,40,41,47)/t21-,22-,23+,24-,28-/m0/s1. The van der Waals surface area contributed by atoms with Gasteiger partial charge in [-0.3, -0.25) is 14.4 Å². The van der Waals surface area contributed by atoms with Crippen LogP contribution in [-0.4, -0.2) is 110 Å². The number of urea groups is 1. The number of methoxy groups -OCH3 is 1. The topological polar surface area (TPSA) is 228 Å². The lowest BCUT2D eigenvalue weighted by Gasteiger charge is -2.22. The number of amides is 5. The number of fused-ring (bicyclic) bond motifs is 2. The SMILES string of the molecule is CO[C@H](CNC(=O)CCCCCNC(=O)CCCCCNC(=O)CCCC[C@@H]1SC[C@@H]2NC(=O)N[C@@H]21)[C@@H](O)Cn1cnc2c(N)ncnc21. The van der Waals surface area contributed by atoms with E-state index in [-0.39, 0.29) is 54.7 Å². The van der Waals surface area contributed by atoms with Crippen LogP contribution in [-0.2, 0) is 25.7 Å². The first-order chi connectivity index (χ1) is 23.7. The summed E-state index contributed by atoms with van der Waals surface area (Å²) in [5.41, 5.74) is 6.79. The van der Waals surface area contributed by atoms with E-state index in [9.17, 15) is 24.3 Å². The molecule has 0 radical (unpaired) electrons. The number of nitrogens with two attached hydrogens (primary N) is 1. The fourth-order valence-electron chi connectivity index (χ4n) is 6.11. The number of imidazole rings is 1. The molecule has 2 saturated heterocycles. The van der Waals surface area contributed by atoms with Crippen LogP contribution in [0.5, 0.6) is 0 Å². The Morgan fingerprint density at radius 1 is 0.959 bits per heavy atom. The summed E-state index contributed by atoms with van der Waals surface area (Å²) >= 11 is 1.90. The first kappa shape index (κ1) is 38.1. The van der Waals surface area contributed by atoms with Gasteiger partial charge < -0.3 is 46.7 Å². The molecule has 5 atom stereocenters. The number of anilines is 1. The molecule has 4 rings (SSSR count). The minimum absolute atomic E-state index is 0.0187. The van der Waals surface area contributed by atoms with Crippen molar-refractivity contribution in [3.05, 3.63) is 12.7 Å². The van der Waals surface area contributed by atoms with Crippen molar-refractivity contribution in [2.75, 3.05) is 38.2 Å². The Hall–Kier alpha value is -3.70. The number of ether oxygens (including phenoxy) is 1. The molecule has 0 bridgehead atoms. The number of nitrogens with zero attached hydrogens (tertiary/aromatic N) is 4. The van der Waals surface area contributed by atoms with Crippen LogP contribution in [0.3, 0.4) is 0 Å². The molecule has 16 nitrogen and oxygen atoms in total. The van der Waals surface area contributed by atoms with Crippen LogP contribution in [0.1, 0.15) is 77.0 Å². The molecule has 272 valence electrons. The predicted octanol–water partition coefficient (Wildman–Crippen LogP) is 0.980. The Kier molecular flexibility index (Phi) is 15.6. The van der Waals surface area contributed by atoms with Crippen molar-refractivity contribution < 1.29 is 29.0 Å². The molecule has 0 spiro atoms. The van der Waals surface area contributed by atoms with Crippen LogP contribution in [0.2, 0.25) is 0 Å². The number of hydrogen-bond donors (Lipinski definition) is 7. The van der Waals surface area contributed by atoms with Crippen molar-refractivity contribution in [2.45, 2.75) is 113 Å². The second-order valence-electron chi connectivity index (χ2n) is 12.7. The number of unbranched alkanes of at least 4 members (excludes halogenated alkanes) is 5. The number of aromatic nitrogens is 4. The van der Waals surface area contributed by atoms with Crippen molar-refractivity contribution in [2.24, 2.45) is 0 Å². The molecule has 4 heterocycles. The average molecular weight is 705 g/mol. The number of hydrogen-bond acceptors (Lipinski definition) is 11. The van der Waals surface area contributed by atoms with E-state index in [0.717, 1.165) is 57.1 Å². The van der Waals surface area contributed by atoms with Gasteiger partial charge >= 0.3 is 6.03 Å². The molecular weight excluding hydrogens is 652 g/mol. The van der Waals surface area contributed by atoms with Gasteiger partial charge in [0, 0.05) is 57.0 Å². The Balaban J connectivity index is 0.926. The molecule has 2 aliphatic rings. The fraction of sp³-hybridized carbons (Fsp3) is 0.719. The first-order valence-corrected chi connectivity index (χ1v) is 18.4. The minimum Gasteiger partial charge on any atom is -0.388 e. The van der Waals surface area contributed by atoms with E-state index in [1.807, 2.05) is 11.8 Å². The number of nitrogen functional groups attached to an aromatic ring is 1. The highest BCUT2D eigenvalue weighted by Gasteiger charge is 2.42. The van der Waals surface area contributed by atoms with E-state index in [2.05, 4.69) is 41.5 Å². The molecule has 2 aromatic rings. The van der Waals surface area contributed by atoms with Crippen LogP contribution in [0.15, 0.2) is 12.7 Å². The molecular formula is C32H52N10O6S. The summed E-state index contributed by atoms with van der Waals surface area (Å²) in [5, 5.41) is 25.8. The Bertz CT molecular complexity index is 1380. The van der Waals surface area contributed by atoms with Gasteiger partial charge in [0.15, 0.2) is 11.5 Å². The number of thioether (sulfide) groups is 1. The third kappa shape index (κ3) is 12.3. The van der Waals surface area contributed by atoms with Crippen molar-refractivity contribution in [1.29, 1.82) is 0 Å². The molecule has 5 amide bonds. The fourth-order valence-corrected chi connectivity index (χ4v) is 7.66. The molecule has 2 fully saturated rings. The summed E-state index contributed by atoms with van der Waals surface area (Å²) in [4.78, 5) is 60.4. The quantitative estimate of drug-likeness (QED) is 0.0637. The van der Waals surface area contributed by atoms with Gasteiger partial charge in [-0.05, 0) is 38.5 Å². The smallest absolute Gasteiger partial charge is 0.315 e. The van der Waals surface area contributed by atoms with Crippen molar-refractivity contribution in [3.63, 3.8) is 0 Å². The predicted molar refractivity (Wildman–Crippen MR) is 186 cm³/mol. The molecule has 0 unspecified atom stereocenters. The lowest BCUT2D eigenvalue weighted by molar-refractivity contribution is -0.123. The second-order valence-corrected chi connectivity index (χ2v) is 13.9. The third-order valence-corrected chi connectivity index (χ3v) is 10.4. The van der Waals surface area contributed by atoms with E-state index in [0.29, 0.717) is 55.2 Å².